The van der Waals surface area contributed by atoms with Gasteiger partial charge in [-0.3, -0.25) is 0 Å². The van der Waals surface area contributed by atoms with Gasteiger partial charge >= 0.3 is 0 Å². The van der Waals surface area contributed by atoms with Crippen LogP contribution in [-0.4, -0.2) is 18.3 Å². The lowest BCUT2D eigenvalue weighted by molar-refractivity contribution is 0.187. The molecule has 0 spiro atoms. The van der Waals surface area contributed by atoms with E-state index in [1.165, 1.54) is 5.56 Å². The maximum atomic E-state index is 9.82. The van der Waals surface area contributed by atoms with Gasteiger partial charge in [-0.1, -0.05) is 29.8 Å². The number of hydrogen-bond acceptors (Lipinski definition) is 3. The molecule has 3 nitrogen and oxygen atoms in total. The van der Waals surface area contributed by atoms with Crippen molar-refractivity contribution in [3.05, 3.63) is 58.6 Å². The Bertz CT molecular complexity index is 640. The second-order valence-electron chi connectivity index (χ2n) is 5.21. The molecule has 0 aromatic heterocycles. The molecule has 0 saturated heterocycles. The molecule has 0 saturated carbocycles. The van der Waals surface area contributed by atoms with Gasteiger partial charge in [-0.25, -0.2) is 0 Å². The molecule has 1 unspecified atom stereocenters. The first-order valence-corrected chi connectivity index (χ1v) is 7.35. The smallest absolute Gasteiger partial charge is 0.125 e. The van der Waals surface area contributed by atoms with Crippen molar-refractivity contribution in [2.24, 2.45) is 0 Å². The normalized spacial score (nSPS) is 18.0. The zero-order chi connectivity index (χ0) is 14.8. The van der Waals surface area contributed by atoms with Gasteiger partial charge in [0.05, 0.1) is 25.2 Å². The number of fused-ring (bicyclic) bond motifs is 1. The van der Waals surface area contributed by atoms with E-state index in [0.29, 0.717) is 29.5 Å². The van der Waals surface area contributed by atoms with Crippen LogP contribution in [0, 0.1) is 0 Å². The standard InChI is InChI=1S/C17H17ClO3/c1-11(19)15-8-13(18)6-7-17(15)21-10-12-9-20-16-5-3-2-4-14(12)16/h2-8,11-12,19H,9-10H2,1H3/t11-,12?/m1/s1. The molecular weight excluding hydrogens is 288 g/mol. The highest BCUT2D eigenvalue weighted by atomic mass is 35.5. The summed E-state index contributed by atoms with van der Waals surface area (Å²) in [5, 5.41) is 10.4. The van der Waals surface area contributed by atoms with Gasteiger partial charge in [0.2, 0.25) is 0 Å². The van der Waals surface area contributed by atoms with Crippen molar-refractivity contribution < 1.29 is 14.6 Å². The monoisotopic (exact) mass is 304 g/mol. The number of hydrogen-bond donors (Lipinski definition) is 1. The molecule has 4 heteroatoms. The molecule has 0 aliphatic carbocycles. The first kappa shape index (κ1) is 14.2. The van der Waals surface area contributed by atoms with Gasteiger partial charge in [0.1, 0.15) is 11.5 Å². The number of rotatable bonds is 4. The predicted molar refractivity (Wildman–Crippen MR) is 82.3 cm³/mol. The minimum atomic E-state index is -0.620. The highest BCUT2D eigenvalue weighted by Gasteiger charge is 2.24. The summed E-state index contributed by atoms with van der Waals surface area (Å²) in [5.74, 6) is 1.80. The van der Waals surface area contributed by atoms with Crippen molar-refractivity contribution in [3.8, 4) is 11.5 Å². The first-order valence-electron chi connectivity index (χ1n) is 6.97. The van der Waals surface area contributed by atoms with E-state index in [0.717, 1.165) is 5.75 Å². The SMILES string of the molecule is C[C@@H](O)c1cc(Cl)ccc1OCC1COc2ccccc21. The molecular formula is C17H17ClO3. The molecule has 2 aromatic rings. The average Bonchev–Trinajstić information content (AvgIpc) is 2.89. The van der Waals surface area contributed by atoms with Crippen LogP contribution in [0.15, 0.2) is 42.5 Å². The van der Waals surface area contributed by atoms with Gasteiger partial charge in [0.15, 0.2) is 0 Å². The van der Waals surface area contributed by atoms with E-state index in [2.05, 4.69) is 6.07 Å². The van der Waals surface area contributed by atoms with Gasteiger partial charge < -0.3 is 14.6 Å². The van der Waals surface area contributed by atoms with E-state index in [4.69, 9.17) is 21.1 Å². The molecule has 1 aliphatic rings. The molecule has 2 aromatic carbocycles. The Morgan fingerprint density at radius 3 is 2.95 bits per heavy atom. The summed E-state index contributed by atoms with van der Waals surface area (Å²) in [4.78, 5) is 0. The summed E-state index contributed by atoms with van der Waals surface area (Å²) < 4.78 is 11.5. The summed E-state index contributed by atoms with van der Waals surface area (Å²) in [6.07, 6.45) is -0.620. The second-order valence-corrected chi connectivity index (χ2v) is 5.65. The van der Waals surface area contributed by atoms with E-state index in [1.54, 1.807) is 25.1 Å². The largest absolute Gasteiger partial charge is 0.493 e. The van der Waals surface area contributed by atoms with Crippen molar-refractivity contribution in [2.45, 2.75) is 18.9 Å². The lowest BCUT2D eigenvalue weighted by atomic mass is 10.0. The lowest BCUT2D eigenvalue weighted by Gasteiger charge is -2.16. The number of halogens is 1. The fourth-order valence-corrected chi connectivity index (χ4v) is 2.72. The van der Waals surface area contributed by atoms with Crippen molar-refractivity contribution in [1.82, 2.24) is 0 Å². The van der Waals surface area contributed by atoms with Crippen LogP contribution in [0.4, 0.5) is 0 Å². The molecule has 0 radical (unpaired) electrons. The summed E-state index contributed by atoms with van der Waals surface area (Å²) >= 11 is 5.97. The summed E-state index contributed by atoms with van der Waals surface area (Å²) in [5.41, 5.74) is 1.87. The van der Waals surface area contributed by atoms with E-state index in [1.807, 2.05) is 18.2 Å². The predicted octanol–water partition coefficient (Wildman–Crippen LogP) is 3.95. The molecule has 110 valence electrons. The summed E-state index contributed by atoms with van der Waals surface area (Å²) in [6.45, 7) is 2.84. The Labute approximate surface area is 129 Å². The van der Waals surface area contributed by atoms with Crippen molar-refractivity contribution in [2.75, 3.05) is 13.2 Å². The molecule has 2 atom stereocenters. The van der Waals surface area contributed by atoms with Gasteiger partial charge in [-0.15, -0.1) is 0 Å². The Kier molecular flexibility index (Phi) is 4.04. The van der Waals surface area contributed by atoms with Crippen LogP contribution in [-0.2, 0) is 0 Å². The zero-order valence-corrected chi connectivity index (χ0v) is 12.5. The van der Waals surface area contributed by atoms with Crippen LogP contribution >= 0.6 is 11.6 Å². The molecule has 0 bridgehead atoms. The van der Waals surface area contributed by atoms with Crippen molar-refractivity contribution in [1.29, 1.82) is 0 Å². The fourth-order valence-electron chi connectivity index (χ4n) is 2.53. The maximum Gasteiger partial charge on any atom is 0.125 e. The van der Waals surface area contributed by atoms with Crippen LogP contribution in [0.25, 0.3) is 0 Å². The molecule has 0 fully saturated rings. The number of benzene rings is 2. The summed E-state index contributed by atoms with van der Waals surface area (Å²) in [6, 6.07) is 13.3. The van der Waals surface area contributed by atoms with Gasteiger partial charge in [-0.2, -0.15) is 0 Å². The van der Waals surface area contributed by atoms with Crippen LogP contribution in [0.5, 0.6) is 11.5 Å². The second kappa shape index (κ2) is 5.96. The van der Waals surface area contributed by atoms with Gasteiger partial charge in [0, 0.05) is 16.1 Å². The van der Waals surface area contributed by atoms with Crippen molar-refractivity contribution >= 4 is 11.6 Å². The van der Waals surface area contributed by atoms with Crippen LogP contribution in [0.1, 0.15) is 30.1 Å². The fraction of sp³-hybridized carbons (Fsp3) is 0.294. The Hall–Kier alpha value is -1.71. The van der Waals surface area contributed by atoms with E-state index in [9.17, 15) is 5.11 Å². The molecule has 1 heterocycles. The molecule has 21 heavy (non-hydrogen) atoms. The number of ether oxygens (including phenoxy) is 2. The third-order valence-corrected chi connectivity index (χ3v) is 3.90. The Morgan fingerprint density at radius 2 is 2.14 bits per heavy atom. The topological polar surface area (TPSA) is 38.7 Å². The van der Waals surface area contributed by atoms with Gasteiger partial charge in [0.25, 0.3) is 0 Å². The molecule has 1 N–H and O–H groups in total. The van der Waals surface area contributed by atoms with Crippen molar-refractivity contribution in [3.63, 3.8) is 0 Å². The molecule has 0 amide bonds. The Morgan fingerprint density at radius 1 is 1.33 bits per heavy atom. The first-order chi connectivity index (χ1) is 10.1. The lowest BCUT2D eigenvalue weighted by Crippen LogP contribution is -2.12. The number of aliphatic hydroxyl groups is 1. The molecule has 3 rings (SSSR count). The van der Waals surface area contributed by atoms with E-state index < -0.39 is 6.10 Å². The highest BCUT2D eigenvalue weighted by Crippen LogP contribution is 2.35. The molecule has 1 aliphatic heterocycles. The number of aliphatic hydroxyl groups excluding tert-OH is 1. The third-order valence-electron chi connectivity index (χ3n) is 3.66. The zero-order valence-electron chi connectivity index (χ0n) is 11.8. The average molecular weight is 305 g/mol. The number of para-hydroxylation sites is 1. The minimum absolute atomic E-state index is 0.207. The minimum Gasteiger partial charge on any atom is -0.493 e. The van der Waals surface area contributed by atoms with E-state index >= 15 is 0 Å². The van der Waals surface area contributed by atoms with Gasteiger partial charge in [-0.05, 0) is 31.2 Å². The quantitative estimate of drug-likeness (QED) is 0.929. The third kappa shape index (κ3) is 2.99. The maximum absolute atomic E-state index is 9.82. The van der Waals surface area contributed by atoms with Crippen LogP contribution < -0.4 is 9.47 Å². The van der Waals surface area contributed by atoms with Crippen LogP contribution in [0.3, 0.4) is 0 Å². The highest BCUT2D eigenvalue weighted by molar-refractivity contribution is 6.30. The van der Waals surface area contributed by atoms with E-state index in [-0.39, 0.29) is 5.92 Å². The van der Waals surface area contributed by atoms with Crippen LogP contribution in [0.2, 0.25) is 5.02 Å². The summed E-state index contributed by atoms with van der Waals surface area (Å²) in [7, 11) is 0. The Balaban J connectivity index is 1.75.